The summed E-state index contributed by atoms with van der Waals surface area (Å²) in [6.07, 6.45) is 6.76. The lowest BCUT2D eigenvalue weighted by Crippen LogP contribution is -2.46. The highest BCUT2D eigenvalue weighted by atomic mass is 32.1. The van der Waals surface area contributed by atoms with E-state index >= 15 is 0 Å². The van der Waals surface area contributed by atoms with Gasteiger partial charge in [0.15, 0.2) is 0 Å². The number of benzene rings is 1. The number of carbonyl (C=O) groups is 1. The Kier molecular flexibility index (Phi) is 6.58. The second kappa shape index (κ2) is 8.71. The third kappa shape index (κ3) is 5.78. The van der Waals surface area contributed by atoms with Crippen molar-refractivity contribution in [3.8, 4) is 0 Å². The number of nitrogens with one attached hydrogen (secondary N) is 1. The summed E-state index contributed by atoms with van der Waals surface area (Å²) < 4.78 is 0. The van der Waals surface area contributed by atoms with Crippen LogP contribution in [0, 0.1) is 0 Å². The molecule has 0 aliphatic heterocycles. The molecular weight excluding hydrogens is 280 g/mol. The zero-order valence-corrected chi connectivity index (χ0v) is 13.1. The van der Waals surface area contributed by atoms with Crippen LogP contribution in [0.4, 0.5) is 0 Å². The number of hydrogen-bond acceptors (Lipinski definition) is 3. The van der Waals surface area contributed by atoms with Gasteiger partial charge in [0.05, 0.1) is 11.2 Å². The van der Waals surface area contributed by atoms with Crippen molar-refractivity contribution in [1.82, 2.24) is 5.32 Å². The smallest absolute Gasteiger partial charge is 0.220 e. The fourth-order valence-corrected chi connectivity index (χ4v) is 2.77. The van der Waals surface area contributed by atoms with Gasteiger partial charge in [-0.05, 0) is 49.9 Å². The minimum Gasteiger partial charge on any atom is -0.353 e. The first-order chi connectivity index (χ1) is 10.3. The molecule has 3 nitrogen and oxygen atoms in total. The molecule has 0 atom stereocenters. The Morgan fingerprint density at radius 3 is 2.71 bits per heavy atom. The van der Waals surface area contributed by atoms with Crippen molar-refractivity contribution in [2.24, 2.45) is 4.99 Å². The molecule has 1 fully saturated rings. The number of aryl methyl sites for hydroxylation is 1. The van der Waals surface area contributed by atoms with Crippen molar-refractivity contribution in [2.45, 2.75) is 57.0 Å². The number of unbranched alkanes of at least 4 members (excludes halogenated alkanes) is 2. The van der Waals surface area contributed by atoms with Crippen molar-refractivity contribution in [1.29, 1.82) is 0 Å². The first-order valence-corrected chi connectivity index (χ1v) is 8.09. The van der Waals surface area contributed by atoms with E-state index in [0.29, 0.717) is 12.5 Å². The van der Waals surface area contributed by atoms with Crippen LogP contribution in [0.25, 0.3) is 0 Å². The number of thiocarbonyl (C=S) groups is 1. The van der Waals surface area contributed by atoms with Gasteiger partial charge >= 0.3 is 0 Å². The van der Waals surface area contributed by atoms with Crippen molar-refractivity contribution in [2.75, 3.05) is 0 Å². The molecule has 1 aliphatic rings. The fourth-order valence-electron chi connectivity index (χ4n) is 2.62. The summed E-state index contributed by atoms with van der Waals surface area (Å²) in [5.74, 6) is 0.171. The third-order valence-corrected chi connectivity index (χ3v) is 4.03. The van der Waals surface area contributed by atoms with Crippen LogP contribution < -0.4 is 5.32 Å². The molecule has 0 heterocycles. The Hall–Kier alpha value is -1.51. The predicted octanol–water partition coefficient (Wildman–Crippen LogP) is 3.54. The normalized spacial score (nSPS) is 20.2. The topological polar surface area (TPSA) is 41.5 Å². The Balaban J connectivity index is 1.49. The SMILES string of the molecule is O=C(CCCCCc1ccccc1)N[C@H]1C[C@@H](N=C=S)C1. The minimum absolute atomic E-state index is 0.171. The minimum atomic E-state index is 0.171. The van der Waals surface area contributed by atoms with Gasteiger partial charge in [-0.3, -0.25) is 4.79 Å². The fraction of sp³-hybridized carbons (Fsp3) is 0.529. The molecule has 1 aliphatic carbocycles. The van der Waals surface area contributed by atoms with Crippen LogP contribution in [0.5, 0.6) is 0 Å². The number of nitrogens with zero attached hydrogens (tertiary/aromatic N) is 1. The molecule has 0 aromatic heterocycles. The Labute approximate surface area is 131 Å². The number of aliphatic imine (C=N–C) groups is 1. The zero-order valence-electron chi connectivity index (χ0n) is 12.3. The van der Waals surface area contributed by atoms with Crippen molar-refractivity contribution in [3.05, 3.63) is 35.9 Å². The van der Waals surface area contributed by atoms with Crippen molar-refractivity contribution in [3.63, 3.8) is 0 Å². The molecule has 0 bridgehead atoms. The van der Waals surface area contributed by atoms with E-state index in [0.717, 1.165) is 38.5 Å². The molecule has 1 saturated carbocycles. The molecule has 21 heavy (non-hydrogen) atoms. The van der Waals surface area contributed by atoms with Gasteiger partial charge in [-0.15, -0.1) is 0 Å². The molecule has 1 N–H and O–H groups in total. The number of rotatable bonds is 8. The van der Waals surface area contributed by atoms with Gasteiger partial charge in [0.25, 0.3) is 0 Å². The maximum Gasteiger partial charge on any atom is 0.220 e. The van der Waals surface area contributed by atoms with Gasteiger partial charge in [0, 0.05) is 12.5 Å². The second-order valence-electron chi connectivity index (χ2n) is 5.66. The summed E-state index contributed by atoms with van der Waals surface area (Å²) in [5, 5.41) is 5.45. The van der Waals surface area contributed by atoms with Gasteiger partial charge < -0.3 is 5.32 Å². The molecule has 1 amide bonds. The van der Waals surface area contributed by atoms with Crippen LogP contribution in [0.15, 0.2) is 35.3 Å². The summed E-state index contributed by atoms with van der Waals surface area (Å²) >= 11 is 4.57. The highest BCUT2D eigenvalue weighted by Crippen LogP contribution is 2.23. The average molecular weight is 302 g/mol. The van der Waals surface area contributed by atoms with Crippen LogP contribution >= 0.6 is 12.2 Å². The molecule has 0 spiro atoms. The molecule has 2 rings (SSSR count). The molecule has 112 valence electrons. The third-order valence-electron chi connectivity index (χ3n) is 3.93. The standard InChI is InChI=1S/C17H22N2OS/c20-17(19-16-11-15(12-16)18-13-21)10-6-2-5-9-14-7-3-1-4-8-14/h1,3-4,7-8,15-16H,2,5-6,9-12H2,(H,19,20)/t15-,16+. The van der Waals surface area contributed by atoms with Crippen LogP contribution in [0.3, 0.4) is 0 Å². The van der Waals surface area contributed by atoms with E-state index in [4.69, 9.17) is 0 Å². The quantitative estimate of drug-likeness (QED) is 0.453. The molecule has 1 aromatic rings. The summed E-state index contributed by atoms with van der Waals surface area (Å²) in [5.41, 5.74) is 1.38. The Morgan fingerprint density at radius 1 is 1.24 bits per heavy atom. The first-order valence-electron chi connectivity index (χ1n) is 7.68. The lowest BCUT2D eigenvalue weighted by molar-refractivity contribution is -0.122. The highest BCUT2D eigenvalue weighted by Gasteiger charge is 2.29. The van der Waals surface area contributed by atoms with Gasteiger partial charge in [-0.2, -0.15) is 0 Å². The van der Waals surface area contributed by atoms with E-state index in [2.05, 4.69) is 52.0 Å². The lowest BCUT2D eigenvalue weighted by Gasteiger charge is -2.32. The number of hydrogen-bond donors (Lipinski definition) is 1. The monoisotopic (exact) mass is 302 g/mol. The zero-order chi connectivity index (χ0) is 14.9. The molecule has 0 radical (unpaired) electrons. The van der Waals surface area contributed by atoms with Crippen LogP contribution in [-0.4, -0.2) is 23.2 Å². The molecule has 0 unspecified atom stereocenters. The van der Waals surface area contributed by atoms with Crippen LogP contribution in [0.2, 0.25) is 0 Å². The number of carbonyl (C=O) groups excluding carboxylic acids is 1. The molecule has 0 saturated heterocycles. The predicted molar refractivity (Wildman–Crippen MR) is 88.6 cm³/mol. The second-order valence-corrected chi connectivity index (χ2v) is 5.84. The maximum absolute atomic E-state index is 11.8. The van der Waals surface area contributed by atoms with Gasteiger partial charge in [0.1, 0.15) is 0 Å². The molecule has 4 heteroatoms. The highest BCUT2D eigenvalue weighted by molar-refractivity contribution is 7.78. The van der Waals surface area contributed by atoms with Crippen LogP contribution in [-0.2, 0) is 11.2 Å². The summed E-state index contributed by atoms with van der Waals surface area (Å²) in [4.78, 5) is 15.8. The van der Waals surface area contributed by atoms with E-state index in [-0.39, 0.29) is 11.9 Å². The number of amides is 1. The Bertz CT molecular complexity index is 491. The summed E-state index contributed by atoms with van der Waals surface area (Å²) in [6, 6.07) is 11.1. The van der Waals surface area contributed by atoms with E-state index in [9.17, 15) is 4.79 Å². The van der Waals surface area contributed by atoms with E-state index in [1.54, 1.807) is 0 Å². The van der Waals surface area contributed by atoms with Gasteiger partial charge in [0.2, 0.25) is 5.91 Å². The van der Waals surface area contributed by atoms with Gasteiger partial charge in [-0.25, -0.2) is 4.99 Å². The first kappa shape index (κ1) is 15.9. The van der Waals surface area contributed by atoms with Crippen molar-refractivity contribution < 1.29 is 4.79 Å². The van der Waals surface area contributed by atoms with Gasteiger partial charge in [-0.1, -0.05) is 36.8 Å². The average Bonchev–Trinajstić information content (AvgIpc) is 2.46. The largest absolute Gasteiger partial charge is 0.353 e. The number of isothiocyanates is 1. The van der Waals surface area contributed by atoms with Crippen LogP contribution in [0.1, 0.15) is 44.1 Å². The van der Waals surface area contributed by atoms with E-state index < -0.39 is 0 Å². The Morgan fingerprint density at radius 2 is 2.00 bits per heavy atom. The lowest BCUT2D eigenvalue weighted by atomic mass is 9.87. The molecule has 1 aromatic carbocycles. The maximum atomic E-state index is 11.8. The van der Waals surface area contributed by atoms with E-state index in [1.165, 1.54) is 5.56 Å². The van der Waals surface area contributed by atoms with E-state index in [1.807, 2.05) is 6.07 Å². The summed E-state index contributed by atoms with van der Waals surface area (Å²) in [6.45, 7) is 0. The van der Waals surface area contributed by atoms with Crippen molar-refractivity contribution >= 4 is 23.3 Å². The molecular formula is C17H22N2OS. The summed E-state index contributed by atoms with van der Waals surface area (Å²) in [7, 11) is 0.